The Morgan fingerprint density at radius 1 is 1.44 bits per heavy atom. The number of carbonyl (C=O) groups is 1. The predicted octanol–water partition coefficient (Wildman–Crippen LogP) is 3.17. The summed E-state index contributed by atoms with van der Waals surface area (Å²) in [5.41, 5.74) is -0.0681. The number of rotatable bonds is 7. The normalized spacial score (nSPS) is 24.8. The van der Waals surface area contributed by atoms with E-state index in [-0.39, 0.29) is 23.5 Å². The molecule has 0 spiro atoms. The van der Waals surface area contributed by atoms with E-state index in [1.54, 1.807) is 6.08 Å². The number of thiol groups is 1. The van der Waals surface area contributed by atoms with Gasteiger partial charge < -0.3 is 15.0 Å². The monoisotopic (exact) mass is 387 g/mol. The van der Waals surface area contributed by atoms with Crippen molar-refractivity contribution < 1.29 is 14.3 Å². The van der Waals surface area contributed by atoms with Crippen molar-refractivity contribution in [3.8, 4) is 0 Å². The van der Waals surface area contributed by atoms with Gasteiger partial charge in [0.1, 0.15) is 10.9 Å². The first-order chi connectivity index (χ1) is 11.6. The van der Waals surface area contributed by atoms with Crippen molar-refractivity contribution in [3.05, 3.63) is 0 Å². The smallest absolute Gasteiger partial charge is 0.407 e. The molecule has 2 atom stereocenters. The fourth-order valence-corrected chi connectivity index (χ4v) is 4.31. The highest BCUT2D eigenvalue weighted by molar-refractivity contribution is 8.10. The molecular formula is C17H29N3O3S2. The highest BCUT2D eigenvalue weighted by Gasteiger charge is 2.41. The van der Waals surface area contributed by atoms with E-state index in [0.717, 1.165) is 25.8 Å². The van der Waals surface area contributed by atoms with Crippen molar-refractivity contribution in [1.29, 1.82) is 0 Å². The molecule has 0 saturated heterocycles. The molecule has 8 heteroatoms. The minimum Gasteiger partial charge on any atom is -0.448 e. The molecule has 0 aliphatic heterocycles. The average molecular weight is 388 g/mol. The second kappa shape index (κ2) is 9.55. The third kappa shape index (κ3) is 7.75. The van der Waals surface area contributed by atoms with E-state index >= 15 is 0 Å². The SMILES string of the molecule is CCN(CCOC(=O)NCC1(C)CC(N=C=O)CC(C)(C)C1)C(=S)S. The number of carbonyl (C=O) groups excluding carboxylic acids is 2. The Labute approximate surface area is 161 Å². The van der Waals surface area contributed by atoms with Crippen LogP contribution in [0, 0.1) is 10.8 Å². The Hall–Kier alpha value is -1.11. The minimum atomic E-state index is -0.443. The van der Waals surface area contributed by atoms with Crippen LogP contribution in [0.15, 0.2) is 4.99 Å². The topological polar surface area (TPSA) is 71.0 Å². The van der Waals surface area contributed by atoms with Gasteiger partial charge in [-0.25, -0.2) is 14.6 Å². The zero-order valence-corrected chi connectivity index (χ0v) is 17.2. The molecule has 1 aliphatic carbocycles. The molecule has 1 saturated carbocycles. The molecule has 0 heterocycles. The summed E-state index contributed by atoms with van der Waals surface area (Å²) in [5, 5.41) is 2.84. The van der Waals surface area contributed by atoms with E-state index in [1.165, 1.54) is 0 Å². The van der Waals surface area contributed by atoms with E-state index in [4.69, 9.17) is 17.0 Å². The Morgan fingerprint density at radius 2 is 2.12 bits per heavy atom. The number of ether oxygens (including phenoxy) is 1. The van der Waals surface area contributed by atoms with Crippen molar-refractivity contribution in [2.24, 2.45) is 15.8 Å². The van der Waals surface area contributed by atoms with Crippen LogP contribution in [0.5, 0.6) is 0 Å². The zero-order valence-electron chi connectivity index (χ0n) is 15.5. The molecule has 1 rings (SSSR count). The van der Waals surface area contributed by atoms with Crippen molar-refractivity contribution >= 4 is 41.3 Å². The second-order valence-corrected chi connectivity index (χ2v) is 8.90. The van der Waals surface area contributed by atoms with Gasteiger partial charge in [0, 0.05) is 13.1 Å². The number of isocyanates is 1. The van der Waals surface area contributed by atoms with E-state index in [0.29, 0.717) is 17.4 Å². The Bertz CT molecular complexity index is 535. The number of likely N-dealkylation sites (N-methyl/N-ethyl adjacent to an activating group) is 1. The first-order valence-electron chi connectivity index (χ1n) is 8.56. The summed E-state index contributed by atoms with van der Waals surface area (Å²) in [6.07, 6.45) is 3.79. The molecule has 0 radical (unpaired) electrons. The molecule has 25 heavy (non-hydrogen) atoms. The van der Waals surface area contributed by atoms with Crippen molar-refractivity contribution in [3.63, 3.8) is 0 Å². The first kappa shape index (κ1) is 21.9. The largest absolute Gasteiger partial charge is 0.448 e. The molecule has 0 aromatic carbocycles. The maximum atomic E-state index is 11.9. The number of nitrogens with zero attached hydrogens (tertiary/aromatic N) is 2. The fraction of sp³-hybridized carbons (Fsp3) is 0.824. The molecule has 1 N–H and O–H groups in total. The van der Waals surface area contributed by atoms with Crippen LogP contribution in [0.4, 0.5) is 4.79 Å². The van der Waals surface area contributed by atoms with Gasteiger partial charge in [-0.05, 0) is 37.0 Å². The van der Waals surface area contributed by atoms with Gasteiger partial charge in [0.2, 0.25) is 6.08 Å². The van der Waals surface area contributed by atoms with Crippen LogP contribution >= 0.6 is 24.8 Å². The third-order valence-electron chi connectivity index (χ3n) is 4.56. The van der Waals surface area contributed by atoms with Gasteiger partial charge in [-0.15, -0.1) is 12.6 Å². The number of alkyl carbamates (subject to hydrolysis) is 1. The lowest BCUT2D eigenvalue weighted by molar-refractivity contribution is 0.0778. The minimum absolute atomic E-state index is 0.0430. The molecule has 6 nitrogen and oxygen atoms in total. The summed E-state index contributed by atoms with van der Waals surface area (Å²) in [6.45, 7) is 10.4. The van der Waals surface area contributed by atoms with Gasteiger partial charge in [0.25, 0.3) is 0 Å². The zero-order chi connectivity index (χ0) is 19.1. The Morgan fingerprint density at radius 3 is 2.68 bits per heavy atom. The average Bonchev–Trinajstić information content (AvgIpc) is 2.47. The molecule has 1 fully saturated rings. The highest BCUT2D eigenvalue weighted by atomic mass is 32.1. The van der Waals surface area contributed by atoms with Crippen LogP contribution in [-0.4, -0.2) is 53.7 Å². The molecule has 0 aromatic heterocycles. The van der Waals surface area contributed by atoms with Crippen LogP contribution in [0.1, 0.15) is 47.0 Å². The molecule has 142 valence electrons. The lowest BCUT2D eigenvalue weighted by atomic mass is 9.63. The highest BCUT2D eigenvalue weighted by Crippen LogP contribution is 2.46. The van der Waals surface area contributed by atoms with E-state index in [1.807, 2.05) is 11.8 Å². The summed E-state index contributed by atoms with van der Waals surface area (Å²) >= 11 is 9.12. The Kier molecular flexibility index (Phi) is 8.38. The summed E-state index contributed by atoms with van der Waals surface area (Å²) in [5.74, 6) is 0. The number of thiocarbonyl (C=S) groups is 1. The van der Waals surface area contributed by atoms with Gasteiger partial charge in [-0.2, -0.15) is 0 Å². The summed E-state index contributed by atoms with van der Waals surface area (Å²) < 4.78 is 5.71. The molecule has 1 aliphatic rings. The standard InChI is InChI=1S/C17H29N3O3S2/c1-5-20(15(24)25)6-7-23-14(22)18-11-17(4)9-13(19-12-21)8-16(2,3)10-17/h13H,5-11H2,1-4H3,(H,18,22)(H,24,25). The first-order valence-corrected chi connectivity index (χ1v) is 9.42. The van der Waals surface area contributed by atoms with Crippen LogP contribution < -0.4 is 5.32 Å². The number of aliphatic imine (C=N–C) groups is 1. The molecule has 0 bridgehead atoms. The maximum absolute atomic E-state index is 11.9. The number of nitrogens with one attached hydrogen (secondary N) is 1. The van der Waals surface area contributed by atoms with E-state index in [9.17, 15) is 9.59 Å². The number of hydrogen-bond acceptors (Lipinski definition) is 5. The molecule has 2 unspecified atom stereocenters. The number of amides is 1. The summed E-state index contributed by atoms with van der Waals surface area (Å²) in [7, 11) is 0. The second-order valence-electron chi connectivity index (χ2n) is 7.79. The van der Waals surface area contributed by atoms with Crippen molar-refractivity contribution in [2.75, 3.05) is 26.2 Å². The lowest BCUT2D eigenvalue weighted by Crippen LogP contribution is -2.45. The molecule has 0 aromatic rings. The maximum Gasteiger partial charge on any atom is 0.407 e. The van der Waals surface area contributed by atoms with E-state index < -0.39 is 6.09 Å². The van der Waals surface area contributed by atoms with Gasteiger partial charge in [-0.1, -0.05) is 33.0 Å². The quantitative estimate of drug-likeness (QED) is 0.304. The third-order valence-corrected chi connectivity index (χ3v) is 5.10. The van der Waals surface area contributed by atoms with Crippen molar-refractivity contribution in [1.82, 2.24) is 10.2 Å². The summed E-state index contributed by atoms with van der Waals surface area (Å²) in [4.78, 5) is 28.3. The van der Waals surface area contributed by atoms with Crippen LogP contribution in [-0.2, 0) is 9.53 Å². The summed E-state index contributed by atoms with van der Waals surface area (Å²) in [6, 6.07) is -0.0430. The van der Waals surface area contributed by atoms with Crippen LogP contribution in [0.25, 0.3) is 0 Å². The van der Waals surface area contributed by atoms with Crippen LogP contribution in [0.2, 0.25) is 0 Å². The van der Waals surface area contributed by atoms with Gasteiger partial charge in [0.15, 0.2) is 0 Å². The molecule has 1 amide bonds. The predicted molar refractivity (Wildman–Crippen MR) is 106 cm³/mol. The van der Waals surface area contributed by atoms with Crippen molar-refractivity contribution in [2.45, 2.75) is 53.0 Å². The van der Waals surface area contributed by atoms with E-state index in [2.05, 4.69) is 43.7 Å². The molecular weight excluding hydrogens is 358 g/mol. The van der Waals surface area contributed by atoms with Gasteiger partial charge >= 0.3 is 6.09 Å². The fourth-order valence-electron chi connectivity index (χ4n) is 3.85. The number of hydrogen-bond donors (Lipinski definition) is 2. The lowest BCUT2D eigenvalue weighted by Gasteiger charge is -2.45. The van der Waals surface area contributed by atoms with Gasteiger partial charge in [-0.3, -0.25) is 0 Å². The Balaban J connectivity index is 2.48. The van der Waals surface area contributed by atoms with Crippen LogP contribution in [0.3, 0.4) is 0 Å². The van der Waals surface area contributed by atoms with Gasteiger partial charge in [0.05, 0.1) is 12.6 Å².